The van der Waals surface area contributed by atoms with Gasteiger partial charge < -0.3 is 65.1 Å². The summed E-state index contributed by atoms with van der Waals surface area (Å²) in [6, 6.07) is -0.933. The minimum atomic E-state index is -1.79. The number of unbranched alkanes of at least 4 members (excludes halogenated alkanes) is 33. The van der Waals surface area contributed by atoms with E-state index in [1.807, 2.05) is 6.08 Å². The summed E-state index contributed by atoms with van der Waals surface area (Å²) in [5, 5.41) is 87.3. The summed E-state index contributed by atoms with van der Waals surface area (Å²) in [4.78, 5) is 13.3. The summed E-state index contributed by atoms with van der Waals surface area (Å²) >= 11 is 0. The molecular formula is C71H127NO13. The predicted octanol–water partition coefficient (Wildman–Crippen LogP) is 13.8. The van der Waals surface area contributed by atoms with Gasteiger partial charge in [0.25, 0.3) is 0 Å². The molecule has 12 unspecified atom stereocenters. The summed E-state index contributed by atoms with van der Waals surface area (Å²) in [7, 11) is 0. The summed E-state index contributed by atoms with van der Waals surface area (Å²) in [6.45, 7) is 2.69. The number of rotatable bonds is 56. The Morgan fingerprint density at radius 1 is 0.435 bits per heavy atom. The lowest BCUT2D eigenvalue weighted by Gasteiger charge is -2.46. The first-order valence-electron chi connectivity index (χ1n) is 34.7. The van der Waals surface area contributed by atoms with Crippen molar-refractivity contribution in [3.05, 3.63) is 72.9 Å². The lowest BCUT2D eigenvalue weighted by molar-refractivity contribution is -0.359. The van der Waals surface area contributed by atoms with Crippen molar-refractivity contribution in [3.8, 4) is 0 Å². The van der Waals surface area contributed by atoms with Crippen LogP contribution >= 0.6 is 0 Å². The molecule has 0 aromatic carbocycles. The first-order valence-corrected chi connectivity index (χ1v) is 34.7. The monoisotopic (exact) mass is 1200 g/mol. The van der Waals surface area contributed by atoms with E-state index >= 15 is 0 Å². The number of aliphatic hydroxyl groups is 8. The molecule has 2 aliphatic rings. The number of ether oxygens (including phenoxy) is 4. The third-order valence-corrected chi connectivity index (χ3v) is 16.6. The summed E-state index contributed by atoms with van der Waals surface area (Å²) < 4.78 is 22.8. The molecule has 0 aliphatic carbocycles. The van der Waals surface area contributed by atoms with Crippen molar-refractivity contribution in [1.29, 1.82) is 0 Å². The molecule has 2 saturated heterocycles. The quantitative estimate of drug-likeness (QED) is 0.0204. The molecule has 0 bridgehead atoms. The largest absolute Gasteiger partial charge is 0.394 e. The second kappa shape index (κ2) is 55.5. The van der Waals surface area contributed by atoms with Gasteiger partial charge in [-0.3, -0.25) is 4.79 Å². The summed E-state index contributed by atoms with van der Waals surface area (Å²) in [5.74, 6) is -0.247. The van der Waals surface area contributed by atoms with Gasteiger partial charge in [0.1, 0.15) is 48.8 Å². The van der Waals surface area contributed by atoms with Crippen LogP contribution in [0.5, 0.6) is 0 Å². The molecule has 12 atom stereocenters. The van der Waals surface area contributed by atoms with Crippen molar-refractivity contribution in [1.82, 2.24) is 5.32 Å². The van der Waals surface area contributed by atoms with E-state index in [9.17, 15) is 45.6 Å². The van der Waals surface area contributed by atoms with Crippen LogP contribution < -0.4 is 5.32 Å². The minimum Gasteiger partial charge on any atom is -0.394 e. The van der Waals surface area contributed by atoms with Crippen LogP contribution in [0.4, 0.5) is 0 Å². The Balaban J connectivity index is 1.65. The third kappa shape index (κ3) is 39.9. The van der Waals surface area contributed by atoms with E-state index < -0.39 is 86.8 Å². The maximum Gasteiger partial charge on any atom is 0.220 e. The van der Waals surface area contributed by atoms with Crippen LogP contribution in [0.1, 0.15) is 277 Å². The number of allylic oxidation sites excluding steroid dienone is 11. The summed E-state index contributed by atoms with van der Waals surface area (Å²) in [6.07, 6.45) is 58.2. The molecule has 14 heteroatoms. The highest BCUT2D eigenvalue weighted by Crippen LogP contribution is 2.30. The van der Waals surface area contributed by atoms with Gasteiger partial charge in [0.05, 0.1) is 32.0 Å². The topological polar surface area (TPSA) is 228 Å². The third-order valence-electron chi connectivity index (χ3n) is 16.6. The van der Waals surface area contributed by atoms with E-state index in [4.69, 9.17) is 18.9 Å². The number of carbonyl (C=O) groups excluding carboxylic acids is 1. The SMILES string of the molecule is CC/C=C\C/C=C\C/C=C\C/C=C\CCCCCCCCCCCCCCCCCCCCCCC(=O)NC(COC1OC(CO)C(OC2OC(CO)C(O)C(O)C2O)C(O)C1O)C(O)/C=C/CC/C=C/CCCCCCCCCCCCCC. The van der Waals surface area contributed by atoms with Gasteiger partial charge in [0, 0.05) is 6.42 Å². The Hall–Kier alpha value is -2.57. The van der Waals surface area contributed by atoms with Gasteiger partial charge in [0.15, 0.2) is 12.6 Å². The number of aliphatic hydroxyl groups excluding tert-OH is 8. The smallest absolute Gasteiger partial charge is 0.220 e. The van der Waals surface area contributed by atoms with Crippen molar-refractivity contribution in [2.45, 2.75) is 351 Å². The van der Waals surface area contributed by atoms with Gasteiger partial charge >= 0.3 is 0 Å². The Bertz CT molecular complexity index is 1700. The van der Waals surface area contributed by atoms with Crippen molar-refractivity contribution in [2.24, 2.45) is 0 Å². The maximum atomic E-state index is 13.3. The van der Waals surface area contributed by atoms with Gasteiger partial charge in [-0.1, -0.05) is 273 Å². The Morgan fingerprint density at radius 2 is 0.824 bits per heavy atom. The van der Waals surface area contributed by atoms with E-state index in [1.54, 1.807) is 6.08 Å². The molecule has 2 rings (SSSR count). The molecular weight excluding hydrogens is 1070 g/mol. The van der Waals surface area contributed by atoms with E-state index in [0.717, 1.165) is 57.8 Å². The zero-order valence-electron chi connectivity index (χ0n) is 53.6. The molecule has 9 N–H and O–H groups in total. The number of hydrogen-bond donors (Lipinski definition) is 9. The fourth-order valence-electron chi connectivity index (χ4n) is 11.1. The highest BCUT2D eigenvalue weighted by atomic mass is 16.7. The van der Waals surface area contributed by atoms with Crippen molar-refractivity contribution < 1.29 is 64.6 Å². The Morgan fingerprint density at radius 3 is 1.29 bits per heavy atom. The standard InChI is InChI=1S/C71H127NO13/c1-3-5-7-9-11-13-15-17-19-21-23-24-25-26-27-28-29-30-31-32-33-34-35-36-37-39-41-43-45-47-49-51-53-55-63(76)72-59(60(75)54-52-50-48-46-44-42-40-38-22-20-18-16-14-12-10-8-6-4-2)58-82-70-68(81)66(79)69(62(57-74)84-70)85-71-67(80)65(78)64(77)61(56-73)83-71/h5,7,11,13,17,19,23-24,44,46,52,54,59-62,64-71,73-75,77-81H,3-4,6,8-10,12,14-16,18,20-22,25-43,45,47-51,53,55-58H2,1-2H3,(H,72,76)/b7-5-,13-11-,19-17-,24-23-,46-44+,54-52+. The van der Waals surface area contributed by atoms with Gasteiger partial charge in [0.2, 0.25) is 5.91 Å². The molecule has 2 aliphatic heterocycles. The molecule has 0 radical (unpaired) electrons. The van der Waals surface area contributed by atoms with Crippen LogP contribution in [0.25, 0.3) is 0 Å². The fourth-order valence-corrected chi connectivity index (χ4v) is 11.1. The number of carbonyl (C=O) groups is 1. The average molecular weight is 1200 g/mol. The van der Waals surface area contributed by atoms with E-state index in [1.165, 1.54) is 186 Å². The van der Waals surface area contributed by atoms with E-state index in [-0.39, 0.29) is 18.9 Å². The normalized spacial score (nSPS) is 24.0. The van der Waals surface area contributed by atoms with Crippen LogP contribution in [-0.4, -0.2) is 140 Å². The second-order valence-corrected chi connectivity index (χ2v) is 24.3. The zero-order valence-corrected chi connectivity index (χ0v) is 53.6. The van der Waals surface area contributed by atoms with Gasteiger partial charge in [-0.25, -0.2) is 0 Å². The highest BCUT2D eigenvalue weighted by Gasteiger charge is 2.51. The predicted molar refractivity (Wildman–Crippen MR) is 346 cm³/mol. The van der Waals surface area contributed by atoms with E-state index in [2.05, 4.69) is 79.9 Å². The van der Waals surface area contributed by atoms with Crippen LogP contribution in [0.2, 0.25) is 0 Å². The maximum absolute atomic E-state index is 13.3. The van der Waals surface area contributed by atoms with Crippen LogP contribution in [0.15, 0.2) is 72.9 Å². The molecule has 2 fully saturated rings. The van der Waals surface area contributed by atoms with Gasteiger partial charge in [-0.05, 0) is 70.6 Å². The number of hydrogen-bond acceptors (Lipinski definition) is 13. The minimum absolute atomic E-state index is 0.247. The zero-order chi connectivity index (χ0) is 61.6. The van der Waals surface area contributed by atoms with Crippen LogP contribution in [0, 0.1) is 0 Å². The molecule has 0 spiro atoms. The first kappa shape index (κ1) is 78.5. The van der Waals surface area contributed by atoms with Crippen LogP contribution in [0.3, 0.4) is 0 Å². The molecule has 1 amide bonds. The lowest BCUT2D eigenvalue weighted by Crippen LogP contribution is -2.65. The van der Waals surface area contributed by atoms with Gasteiger partial charge in [-0.15, -0.1) is 0 Å². The molecule has 494 valence electrons. The molecule has 2 heterocycles. The van der Waals surface area contributed by atoms with E-state index in [0.29, 0.717) is 12.8 Å². The Labute approximate surface area is 517 Å². The molecule has 14 nitrogen and oxygen atoms in total. The van der Waals surface area contributed by atoms with Crippen LogP contribution in [-0.2, 0) is 23.7 Å². The molecule has 0 saturated carbocycles. The summed E-state index contributed by atoms with van der Waals surface area (Å²) in [5.41, 5.74) is 0. The Kier molecular flexibility index (Phi) is 51.3. The van der Waals surface area contributed by atoms with Crippen molar-refractivity contribution in [3.63, 3.8) is 0 Å². The molecule has 0 aromatic rings. The van der Waals surface area contributed by atoms with Crippen molar-refractivity contribution >= 4 is 5.91 Å². The van der Waals surface area contributed by atoms with Crippen molar-refractivity contribution in [2.75, 3.05) is 19.8 Å². The highest BCUT2D eigenvalue weighted by molar-refractivity contribution is 5.76. The average Bonchev–Trinajstić information content (AvgIpc) is 3.29. The first-order chi connectivity index (χ1) is 41.6. The lowest BCUT2D eigenvalue weighted by atomic mass is 9.97. The second-order valence-electron chi connectivity index (χ2n) is 24.3. The fraction of sp³-hybridized carbons (Fsp3) is 0.817. The number of amides is 1. The molecule has 0 aromatic heterocycles. The van der Waals surface area contributed by atoms with Gasteiger partial charge in [-0.2, -0.15) is 0 Å². The number of nitrogens with one attached hydrogen (secondary N) is 1. The molecule has 85 heavy (non-hydrogen) atoms.